The molecule has 0 saturated carbocycles. The number of nitrogens with one attached hydrogen (secondary N) is 1. The highest BCUT2D eigenvalue weighted by molar-refractivity contribution is 5.99. The monoisotopic (exact) mass is 375 g/mol. The Kier molecular flexibility index (Phi) is 5.38. The van der Waals surface area contributed by atoms with Crippen LogP contribution in [0.4, 0.5) is 5.82 Å². The van der Waals surface area contributed by atoms with Crippen LogP contribution in [-0.4, -0.2) is 24.0 Å². The van der Waals surface area contributed by atoms with E-state index in [1.54, 1.807) is 0 Å². The quantitative estimate of drug-likeness (QED) is 0.657. The Bertz CT molecular complexity index is 953. The second-order valence-corrected chi connectivity index (χ2v) is 7.95. The number of aryl methyl sites for hydroxylation is 1. The van der Waals surface area contributed by atoms with Crippen LogP contribution in [0.15, 0.2) is 48.5 Å². The third-order valence-corrected chi connectivity index (χ3v) is 5.97. The van der Waals surface area contributed by atoms with Crippen LogP contribution in [0.5, 0.6) is 0 Å². The third-order valence-electron chi connectivity index (χ3n) is 5.97. The van der Waals surface area contributed by atoms with Crippen molar-refractivity contribution in [2.75, 3.05) is 18.0 Å². The van der Waals surface area contributed by atoms with Gasteiger partial charge in [-0.1, -0.05) is 43.7 Å². The molecule has 0 bridgehead atoms. The molecule has 1 aromatic heterocycles. The molecule has 3 aromatic rings. The molecule has 146 valence electrons. The van der Waals surface area contributed by atoms with Crippen LogP contribution < -0.4 is 10.6 Å². The van der Waals surface area contributed by atoms with Crippen LogP contribution in [0.25, 0.3) is 10.9 Å². The van der Waals surface area contributed by atoms with Crippen molar-refractivity contribution in [3.63, 3.8) is 0 Å². The van der Waals surface area contributed by atoms with E-state index in [2.05, 4.69) is 47.1 Å². The van der Waals surface area contributed by atoms with Crippen molar-refractivity contribution < 1.29 is 4.79 Å². The molecule has 3 N–H and O–H groups in total. The number of benzene rings is 2. The second-order valence-electron chi connectivity index (χ2n) is 7.95. The van der Waals surface area contributed by atoms with Crippen molar-refractivity contribution in [2.24, 2.45) is 11.7 Å². The highest BCUT2D eigenvalue weighted by Crippen LogP contribution is 2.34. The standard InChI is InChI=1S/C24H29N3O/c1-2-6-20-21-16-19(23(25)28)9-10-22(21)26-24(20)27-13-11-18(12-14-27)15-17-7-4-3-5-8-17/h3-5,7-10,16,18,26H,2,6,11-15H2,1H3,(H2,25,28). The van der Waals surface area contributed by atoms with Gasteiger partial charge in [-0.05, 0) is 55.4 Å². The number of carbonyl (C=O) groups excluding carboxylic acids is 1. The molecule has 0 unspecified atom stereocenters. The minimum absolute atomic E-state index is 0.367. The number of hydrogen-bond acceptors (Lipinski definition) is 2. The van der Waals surface area contributed by atoms with Crippen LogP contribution in [0.2, 0.25) is 0 Å². The maximum Gasteiger partial charge on any atom is 0.248 e. The number of amides is 1. The Hall–Kier alpha value is -2.75. The van der Waals surface area contributed by atoms with E-state index in [0.29, 0.717) is 5.56 Å². The lowest BCUT2D eigenvalue weighted by Crippen LogP contribution is -2.35. The van der Waals surface area contributed by atoms with Crippen LogP contribution in [-0.2, 0) is 12.8 Å². The summed E-state index contributed by atoms with van der Waals surface area (Å²) in [5.41, 5.74) is 9.93. The number of aromatic amines is 1. The van der Waals surface area contributed by atoms with Crippen LogP contribution in [0.3, 0.4) is 0 Å². The zero-order valence-corrected chi connectivity index (χ0v) is 16.6. The fraction of sp³-hybridized carbons (Fsp3) is 0.375. The maximum atomic E-state index is 11.6. The number of fused-ring (bicyclic) bond motifs is 1. The average molecular weight is 376 g/mol. The number of rotatable bonds is 6. The van der Waals surface area contributed by atoms with Crippen LogP contribution >= 0.6 is 0 Å². The molecule has 0 radical (unpaired) electrons. The molecular weight excluding hydrogens is 346 g/mol. The van der Waals surface area contributed by atoms with Gasteiger partial charge >= 0.3 is 0 Å². The summed E-state index contributed by atoms with van der Waals surface area (Å²) in [6.45, 7) is 4.35. The normalized spacial score (nSPS) is 15.2. The lowest BCUT2D eigenvalue weighted by atomic mass is 9.90. The second kappa shape index (κ2) is 8.09. The van der Waals surface area contributed by atoms with Gasteiger partial charge in [0.1, 0.15) is 5.82 Å². The first kappa shape index (κ1) is 18.6. The van der Waals surface area contributed by atoms with Crippen molar-refractivity contribution in [2.45, 2.75) is 39.0 Å². The minimum atomic E-state index is -0.367. The van der Waals surface area contributed by atoms with Crippen molar-refractivity contribution >= 4 is 22.6 Å². The van der Waals surface area contributed by atoms with Gasteiger partial charge < -0.3 is 15.6 Å². The van der Waals surface area contributed by atoms with Crippen molar-refractivity contribution in [1.29, 1.82) is 0 Å². The number of aromatic nitrogens is 1. The number of anilines is 1. The summed E-state index contributed by atoms with van der Waals surface area (Å²) in [4.78, 5) is 17.7. The van der Waals surface area contributed by atoms with E-state index in [4.69, 9.17) is 5.73 Å². The van der Waals surface area contributed by atoms with E-state index in [1.807, 2.05) is 18.2 Å². The first-order chi connectivity index (χ1) is 13.7. The molecule has 1 amide bonds. The average Bonchev–Trinajstić information content (AvgIpc) is 3.07. The molecule has 1 saturated heterocycles. The smallest absolute Gasteiger partial charge is 0.248 e. The number of nitrogens with two attached hydrogens (primary N) is 1. The maximum absolute atomic E-state index is 11.6. The Balaban J connectivity index is 1.54. The Morgan fingerprint density at radius 1 is 1.14 bits per heavy atom. The van der Waals surface area contributed by atoms with Crippen LogP contribution in [0, 0.1) is 5.92 Å². The zero-order chi connectivity index (χ0) is 19.5. The number of carbonyl (C=O) groups is 1. The van der Waals surface area contributed by atoms with Crippen molar-refractivity contribution in [3.8, 4) is 0 Å². The van der Waals surface area contributed by atoms with Gasteiger partial charge in [0, 0.05) is 35.1 Å². The highest BCUT2D eigenvalue weighted by atomic mass is 16.1. The molecule has 1 aliphatic heterocycles. The Morgan fingerprint density at radius 2 is 1.89 bits per heavy atom. The molecule has 1 aliphatic rings. The summed E-state index contributed by atoms with van der Waals surface area (Å²) < 4.78 is 0. The van der Waals surface area contributed by atoms with E-state index in [1.165, 1.54) is 36.2 Å². The first-order valence-corrected chi connectivity index (χ1v) is 10.4. The topological polar surface area (TPSA) is 62.1 Å². The summed E-state index contributed by atoms with van der Waals surface area (Å²) in [6.07, 6.45) is 5.67. The first-order valence-electron chi connectivity index (χ1n) is 10.4. The highest BCUT2D eigenvalue weighted by Gasteiger charge is 2.23. The molecule has 0 atom stereocenters. The number of piperidine rings is 1. The lowest BCUT2D eigenvalue weighted by molar-refractivity contribution is 0.100. The number of nitrogens with zero attached hydrogens (tertiary/aromatic N) is 1. The summed E-state index contributed by atoms with van der Waals surface area (Å²) in [5, 5.41) is 1.14. The minimum Gasteiger partial charge on any atom is -0.366 e. The zero-order valence-electron chi connectivity index (χ0n) is 16.6. The third kappa shape index (κ3) is 3.77. The van der Waals surface area contributed by atoms with Gasteiger partial charge in [0.15, 0.2) is 0 Å². The molecule has 2 aromatic carbocycles. The van der Waals surface area contributed by atoms with Crippen molar-refractivity contribution in [1.82, 2.24) is 4.98 Å². The molecule has 2 heterocycles. The molecule has 4 heteroatoms. The van der Waals surface area contributed by atoms with Crippen molar-refractivity contribution in [3.05, 3.63) is 65.2 Å². The summed E-state index contributed by atoms with van der Waals surface area (Å²) in [5.74, 6) is 1.62. The van der Waals surface area contributed by atoms with Gasteiger partial charge in [0.25, 0.3) is 0 Å². The lowest BCUT2D eigenvalue weighted by Gasteiger charge is -2.33. The Morgan fingerprint density at radius 3 is 2.57 bits per heavy atom. The van der Waals surface area contributed by atoms with E-state index in [0.717, 1.165) is 42.8 Å². The number of hydrogen-bond donors (Lipinski definition) is 2. The van der Waals surface area contributed by atoms with Gasteiger partial charge in [0.2, 0.25) is 5.91 Å². The largest absolute Gasteiger partial charge is 0.366 e. The van der Waals surface area contributed by atoms with Gasteiger partial charge in [0.05, 0.1) is 0 Å². The molecule has 1 fully saturated rings. The molecule has 28 heavy (non-hydrogen) atoms. The Labute approximate surface area is 166 Å². The van der Waals surface area contributed by atoms with E-state index in [9.17, 15) is 4.79 Å². The van der Waals surface area contributed by atoms with Gasteiger partial charge in [-0.2, -0.15) is 0 Å². The van der Waals surface area contributed by atoms with Gasteiger partial charge in [-0.3, -0.25) is 4.79 Å². The molecule has 4 rings (SSSR count). The summed E-state index contributed by atoms with van der Waals surface area (Å²) >= 11 is 0. The predicted molar refractivity (Wildman–Crippen MR) is 116 cm³/mol. The van der Waals surface area contributed by atoms with E-state index < -0.39 is 0 Å². The fourth-order valence-electron chi connectivity index (χ4n) is 4.47. The van der Waals surface area contributed by atoms with Crippen LogP contribution in [0.1, 0.15) is 47.7 Å². The number of primary amides is 1. The predicted octanol–water partition coefficient (Wildman–Crippen LogP) is 4.68. The molecule has 4 nitrogen and oxygen atoms in total. The summed E-state index contributed by atoms with van der Waals surface area (Å²) in [6, 6.07) is 16.6. The van der Waals surface area contributed by atoms with E-state index >= 15 is 0 Å². The number of H-pyrrole nitrogens is 1. The van der Waals surface area contributed by atoms with Gasteiger partial charge in [-0.15, -0.1) is 0 Å². The van der Waals surface area contributed by atoms with Gasteiger partial charge in [-0.25, -0.2) is 0 Å². The van der Waals surface area contributed by atoms with E-state index in [-0.39, 0.29) is 5.91 Å². The molecule has 0 aliphatic carbocycles. The molecular formula is C24H29N3O. The fourth-order valence-corrected chi connectivity index (χ4v) is 4.47. The SMILES string of the molecule is CCCc1c(N2CCC(Cc3ccccc3)CC2)[nH]c2ccc(C(N)=O)cc12. The summed E-state index contributed by atoms with van der Waals surface area (Å²) in [7, 11) is 0. The molecule has 0 spiro atoms.